The van der Waals surface area contributed by atoms with Gasteiger partial charge in [0, 0.05) is 0 Å². The van der Waals surface area contributed by atoms with Crippen molar-refractivity contribution in [3.63, 3.8) is 0 Å². The molecule has 3 nitrogen and oxygen atoms in total. The number of rotatable bonds is 6. The molecule has 3 heteroatoms. The van der Waals surface area contributed by atoms with E-state index in [2.05, 4.69) is 19.2 Å². The van der Waals surface area contributed by atoms with Gasteiger partial charge in [0.1, 0.15) is 0 Å². The van der Waals surface area contributed by atoms with Crippen molar-refractivity contribution in [1.29, 1.82) is 0 Å². The van der Waals surface area contributed by atoms with Gasteiger partial charge in [-0.2, -0.15) is 0 Å². The number of carbonyl (C=O) groups is 1. The second kappa shape index (κ2) is 16.5. The summed E-state index contributed by atoms with van der Waals surface area (Å²) in [5.41, 5.74) is -0.366. The summed E-state index contributed by atoms with van der Waals surface area (Å²) in [7, 11) is 0. The van der Waals surface area contributed by atoms with Crippen molar-refractivity contribution in [2.75, 3.05) is 19.7 Å². The number of unbranched alkanes of at least 4 members (excludes halogenated alkanes) is 1. The minimum absolute atomic E-state index is 0.119. The first-order valence-electron chi connectivity index (χ1n) is 8.13. The van der Waals surface area contributed by atoms with Crippen molar-refractivity contribution < 1.29 is 9.53 Å². The molecule has 0 unspecified atom stereocenters. The summed E-state index contributed by atoms with van der Waals surface area (Å²) in [5.74, 6) is 0.299. The van der Waals surface area contributed by atoms with E-state index in [1.54, 1.807) is 0 Å². The third-order valence-electron chi connectivity index (χ3n) is 2.12. The highest BCUT2D eigenvalue weighted by molar-refractivity contribution is 5.75. The molecule has 0 fully saturated rings. The molecule has 0 bridgehead atoms. The molecular weight excluding hydrogens is 250 g/mol. The third-order valence-corrected chi connectivity index (χ3v) is 2.12. The predicted molar refractivity (Wildman–Crippen MR) is 90.1 cm³/mol. The van der Waals surface area contributed by atoms with E-state index in [1.165, 1.54) is 19.4 Å². The molecular formula is C17H39NO2. The molecule has 0 aromatic rings. The van der Waals surface area contributed by atoms with Crippen molar-refractivity contribution in [2.24, 2.45) is 11.3 Å². The van der Waals surface area contributed by atoms with Crippen LogP contribution in [0.3, 0.4) is 0 Å². The summed E-state index contributed by atoms with van der Waals surface area (Å²) in [5, 5.41) is 3.25. The van der Waals surface area contributed by atoms with E-state index in [0.717, 1.165) is 6.54 Å². The fourth-order valence-corrected chi connectivity index (χ4v) is 0.937. The molecule has 0 amide bonds. The molecule has 0 aliphatic carbocycles. The summed E-state index contributed by atoms with van der Waals surface area (Å²) in [4.78, 5) is 11.1. The minimum Gasteiger partial charge on any atom is -0.465 e. The van der Waals surface area contributed by atoms with E-state index in [9.17, 15) is 4.79 Å². The lowest BCUT2D eigenvalue weighted by Gasteiger charge is -2.17. The topological polar surface area (TPSA) is 38.3 Å². The Morgan fingerprint density at radius 2 is 1.65 bits per heavy atom. The molecule has 0 atom stereocenters. The molecule has 124 valence electrons. The Morgan fingerprint density at radius 3 is 1.95 bits per heavy atom. The maximum atomic E-state index is 11.1. The van der Waals surface area contributed by atoms with E-state index in [4.69, 9.17) is 4.74 Å². The lowest BCUT2D eigenvalue weighted by Crippen LogP contribution is -2.24. The molecule has 0 aliphatic heterocycles. The van der Waals surface area contributed by atoms with E-state index in [-0.39, 0.29) is 11.4 Å². The van der Waals surface area contributed by atoms with Crippen LogP contribution in [-0.2, 0) is 9.53 Å². The number of hydrogen-bond acceptors (Lipinski definition) is 3. The molecule has 0 saturated heterocycles. The number of ether oxygens (including phenoxy) is 1. The fraction of sp³-hybridized carbons (Fsp3) is 0.941. The maximum Gasteiger partial charge on any atom is 0.311 e. The average Bonchev–Trinajstić information content (AvgIpc) is 2.38. The van der Waals surface area contributed by atoms with Gasteiger partial charge in [-0.25, -0.2) is 0 Å². The summed E-state index contributed by atoms with van der Waals surface area (Å²) in [6, 6.07) is 0. The Balaban J connectivity index is -0.000000277. The van der Waals surface area contributed by atoms with Gasteiger partial charge in [-0.3, -0.25) is 4.79 Å². The van der Waals surface area contributed by atoms with Crippen molar-refractivity contribution in [3.05, 3.63) is 0 Å². The van der Waals surface area contributed by atoms with Crippen LogP contribution in [0.15, 0.2) is 0 Å². The quantitative estimate of drug-likeness (QED) is 0.571. The zero-order valence-electron chi connectivity index (χ0n) is 15.4. The van der Waals surface area contributed by atoms with E-state index in [0.29, 0.717) is 12.5 Å². The highest BCUT2D eigenvalue weighted by atomic mass is 16.5. The molecule has 0 aromatic carbocycles. The van der Waals surface area contributed by atoms with Crippen LogP contribution >= 0.6 is 0 Å². The van der Waals surface area contributed by atoms with Crippen LogP contribution < -0.4 is 5.32 Å². The van der Waals surface area contributed by atoms with Gasteiger partial charge >= 0.3 is 5.97 Å². The lowest BCUT2D eigenvalue weighted by molar-refractivity contribution is -0.154. The Bertz CT molecular complexity index is 192. The number of hydrogen-bond donors (Lipinski definition) is 1. The standard InChI is InChI=1S/C9H18O2.C6H15N.C2H6/c1-7(2)6-11-8(10)9(3,4)5;1-3-5-6-7-4-2;1-2/h7H,6H2,1-5H3;7H,3-6H2,1-2H3;1-2H3. The molecule has 20 heavy (non-hydrogen) atoms. The van der Waals surface area contributed by atoms with Crippen LogP contribution in [-0.4, -0.2) is 25.7 Å². The molecule has 0 aromatic heterocycles. The predicted octanol–water partition coefficient (Wildman–Crippen LogP) is 4.65. The highest BCUT2D eigenvalue weighted by Crippen LogP contribution is 2.15. The second-order valence-electron chi connectivity index (χ2n) is 5.95. The normalized spacial score (nSPS) is 10.1. The van der Waals surface area contributed by atoms with E-state index >= 15 is 0 Å². The lowest BCUT2D eigenvalue weighted by atomic mass is 9.97. The number of esters is 1. The highest BCUT2D eigenvalue weighted by Gasteiger charge is 2.22. The van der Waals surface area contributed by atoms with Gasteiger partial charge in [0.05, 0.1) is 12.0 Å². The van der Waals surface area contributed by atoms with Gasteiger partial charge < -0.3 is 10.1 Å². The number of carbonyl (C=O) groups excluding carboxylic acids is 1. The van der Waals surface area contributed by atoms with Crippen molar-refractivity contribution in [1.82, 2.24) is 5.32 Å². The first kappa shape index (κ1) is 24.4. The van der Waals surface area contributed by atoms with Crippen LogP contribution in [0.4, 0.5) is 0 Å². The Kier molecular flexibility index (Phi) is 20.2. The molecule has 0 saturated carbocycles. The van der Waals surface area contributed by atoms with Crippen LogP contribution in [0.1, 0.15) is 75.2 Å². The van der Waals surface area contributed by atoms with E-state index < -0.39 is 0 Å². The SMILES string of the molecule is CC.CC(C)COC(=O)C(C)(C)C.CCCCNCC. The Labute approximate surface area is 127 Å². The maximum absolute atomic E-state index is 11.1. The van der Waals surface area contributed by atoms with Crippen molar-refractivity contribution >= 4 is 5.97 Å². The molecule has 0 rings (SSSR count). The summed E-state index contributed by atoms with van der Waals surface area (Å²) in [6.07, 6.45) is 2.61. The van der Waals surface area contributed by atoms with Crippen LogP contribution in [0, 0.1) is 11.3 Å². The minimum atomic E-state index is -0.366. The van der Waals surface area contributed by atoms with Crippen LogP contribution in [0.5, 0.6) is 0 Å². The van der Waals surface area contributed by atoms with Gasteiger partial charge in [-0.05, 0) is 46.2 Å². The smallest absolute Gasteiger partial charge is 0.311 e. The molecule has 0 aliphatic rings. The van der Waals surface area contributed by atoms with Gasteiger partial charge in [0.2, 0.25) is 0 Å². The Hall–Kier alpha value is -0.570. The molecule has 0 spiro atoms. The fourth-order valence-electron chi connectivity index (χ4n) is 0.937. The largest absolute Gasteiger partial charge is 0.465 e. The van der Waals surface area contributed by atoms with Crippen LogP contribution in [0.2, 0.25) is 0 Å². The molecule has 1 N–H and O–H groups in total. The van der Waals surface area contributed by atoms with Crippen LogP contribution in [0.25, 0.3) is 0 Å². The zero-order chi connectivity index (χ0) is 16.6. The summed E-state index contributed by atoms with van der Waals surface area (Å²) >= 11 is 0. The second-order valence-corrected chi connectivity index (χ2v) is 5.95. The van der Waals surface area contributed by atoms with Gasteiger partial charge in [0.25, 0.3) is 0 Å². The molecule has 0 radical (unpaired) electrons. The number of nitrogens with one attached hydrogen (secondary N) is 1. The first-order valence-corrected chi connectivity index (χ1v) is 8.13. The van der Waals surface area contributed by atoms with Crippen molar-refractivity contribution in [3.8, 4) is 0 Å². The van der Waals surface area contributed by atoms with Crippen molar-refractivity contribution in [2.45, 2.75) is 75.2 Å². The third kappa shape index (κ3) is 22.6. The average molecular weight is 290 g/mol. The zero-order valence-corrected chi connectivity index (χ0v) is 15.4. The Morgan fingerprint density at radius 1 is 1.15 bits per heavy atom. The summed E-state index contributed by atoms with van der Waals surface area (Å²) < 4.78 is 5.03. The first-order chi connectivity index (χ1) is 9.25. The van der Waals surface area contributed by atoms with E-state index in [1.807, 2.05) is 48.5 Å². The summed E-state index contributed by atoms with van der Waals surface area (Å²) in [6.45, 7) is 20.8. The monoisotopic (exact) mass is 289 g/mol. The molecule has 0 heterocycles. The van der Waals surface area contributed by atoms with Gasteiger partial charge in [0.15, 0.2) is 0 Å². The van der Waals surface area contributed by atoms with Gasteiger partial charge in [-0.1, -0.05) is 48.0 Å². The van der Waals surface area contributed by atoms with Gasteiger partial charge in [-0.15, -0.1) is 0 Å².